The molecular formula is C56H72F4S4. The van der Waals surface area contributed by atoms with Crippen LogP contribution in [-0.4, -0.2) is 0 Å². The zero-order valence-corrected chi connectivity index (χ0v) is 42.1. The zero-order chi connectivity index (χ0) is 45.1. The molecule has 1 unspecified atom stereocenters. The summed E-state index contributed by atoms with van der Waals surface area (Å²) in [7, 11) is 0. The predicted octanol–water partition coefficient (Wildman–Crippen LogP) is 21.3. The van der Waals surface area contributed by atoms with Gasteiger partial charge < -0.3 is 0 Å². The Morgan fingerprint density at radius 2 is 0.750 bits per heavy atom. The molecule has 0 amide bonds. The van der Waals surface area contributed by atoms with Crippen LogP contribution >= 0.6 is 45.3 Å². The fourth-order valence-corrected chi connectivity index (χ4v) is 14.2. The molecular weight excluding hydrogens is 877 g/mol. The maximum absolute atomic E-state index is 14.4. The van der Waals surface area contributed by atoms with Crippen molar-refractivity contribution in [3.05, 3.63) is 106 Å². The summed E-state index contributed by atoms with van der Waals surface area (Å²) >= 11 is 7.05. The van der Waals surface area contributed by atoms with Crippen molar-refractivity contribution < 1.29 is 17.6 Å². The van der Waals surface area contributed by atoms with E-state index in [4.69, 9.17) is 0 Å². The maximum atomic E-state index is 14.4. The minimum Gasteiger partial charge on any atom is -0.207 e. The second-order valence-corrected chi connectivity index (χ2v) is 22.6. The molecule has 6 rings (SSSR count). The molecule has 64 heavy (non-hydrogen) atoms. The fourth-order valence-electron chi connectivity index (χ4n) is 9.08. The van der Waals surface area contributed by atoms with E-state index in [0.717, 1.165) is 47.6 Å². The zero-order valence-electron chi connectivity index (χ0n) is 38.9. The maximum Gasteiger partial charge on any atom is 0.126 e. The second-order valence-electron chi connectivity index (χ2n) is 18.3. The number of fused-ring (bicyclic) bond motifs is 1. The number of hydrogen-bond donors (Lipinski definition) is 0. The number of hydrogen-bond acceptors (Lipinski definition) is 4. The van der Waals surface area contributed by atoms with Crippen LogP contribution in [0, 0.1) is 23.3 Å². The molecule has 0 fully saturated rings. The van der Waals surface area contributed by atoms with Gasteiger partial charge in [-0.2, -0.15) is 0 Å². The molecule has 0 aliphatic carbocycles. The molecule has 6 aromatic rings. The van der Waals surface area contributed by atoms with Crippen molar-refractivity contribution in [2.75, 3.05) is 0 Å². The lowest BCUT2D eigenvalue weighted by atomic mass is 9.97. The molecule has 0 aliphatic heterocycles. The first-order valence-corrected chi connectivity index (χ1v) is 28.2. The van der Waals surface area contributed by atoms with Crippen molar-refractivity contribution in [1.82, 2.24) is 0 Å². The Kier molecular flexibility index (Phi) is 21.5. The van der Waals surface area contributed by atoms with Gasteiger partial charge in [-0.1, -0.05) is 162 Å². The molecule has 348 valence electrons. The Hall–Kier alpha value is -2.78. The summed E-state index contributed by atoms with van der Waals surface area (Å²) < 4.78 is 60.0. The molecule has 2 aromatic carbocycles. The molecule has 0 spiro atoms. The summed E-state index contributed by atoms with van der Waals surface area (Å²) in [5.41, 5.74) is 3.85. The van der Waals surface area contributed by atoms with Gasteiger partial charge in [-0.05, 0) is 96.5 Å². The van der Waals surface area contributed by atoms with E-state index in [-0.39, 0.29) is 5.92 Å². The van der Waals surface area contributed by atoms with Crippen LogP contribution in [0.15, 0.2) is 60.7 Å². The highest BCUT2D eigenvalue weighted by Gasteiger charge is 2.22. The Morgan fingerprint density at radius 1 is 0.375 bits per heavy atom. The first-order valence-electron chi connectivity index (χ1n) is 24.9. The third-order valence-electron chi connectivity index (χ3n) is 12.8. The summed E-state index contributed by atoms with van der Waals surface area (Å²) in [6, 6.07) is 16.8. The summed E-state index contributed by atoms with van der Waals surface area (Å²) in [5, 5.41) is 0. The van der Waals surface area contributed by atoms with Crippen molar-refractivity contribution in [3.8, 4) is 29.9 Å². The first kappa shape index (κ1) is 50.6. The van der Waals surface area contributed by atoms with Crippen LogP contribution in [0.1, 0.15) is 202 Å². The average molecular weight is 949 g/mol. The molecule has 0 saturated carbocycles. The van der Waals surface area contributed by atoms with Crippen LogP contribution in [0.3, 0.4) is 0 Å². The number of aryl methyl sites for hydroxylation is 2. The lowest BCUT2D eigenvalue weighted by molar-refractivity contribution is 0.544. The summed E-state index contributed by atoms with van der Waals surface area (Å²) in [6.45, 7) is 6.60. The van der Waals surface area contributed by atoms with E-state index >= 15 is 0 Å². The third kappa shape index (κ3) is 15.7. The summed E-state index contributed by atoms with van der Waals surface area (Å²) in [6.07, 6.45) is 33.3. The number of unbranched alkanes of at least 4 members (excludes halogenated alkanes) is 22. The van der Waals surface area contributed by atoms with Gasteiger partial charge in [0.15, 0.2) is 0 Å². The lowest BCUT2D eigenvalue weighted by Gasteiger charge is -2.10. The molecule has 0 nitrogen and oxygen atoms in total. The van der Waals surface area contributed by atoms with Gasteiger partial charge in [0.25, 0.3) is 0 Å². The Bertz CT molecular complexity index is 2200. The van der Waals surface area contributed by atoms with Gasteiger partial charge >= 0.3 is 0 Å². The second kappa shape index (κ2) is 27.1. The van der Waals surface area contributed by atoms with Crippen LogP contribution in [0.2, 0.25) is 0 Å². The Morgan fingerprint density at radius 3 is 1.19 bits per heavy atom. The Labute approximate surface area is 399 Å². The molecule has 4 heterocycles. The first-order chi connectivity index (χ1) is 31.2. The van der Waals surface area contributed by atoms with Crippen LogP contribution in [0.25, 0.3) is 39.3 Å². The van der Waals surface area contributed by atoms with E-state index in [9.17, 15) is 17.6 Å². The van der Waals surface area contributed by atoms with Crippen molar-refractivity contribution in [2.45, 2.75) is 194 Å². The van der Waals surface area contributed by atoms with Gasteiger partial charge in [0.2, 0.25) is 0 Å². The van der Waals surface area contributed by atoms with E-state index in [0.29, 0.717) is 11.1 Å². The Balaban J connectivity index is 1.14. The normalized spacial score (nSPS) is 12.3. The highest BCUT2D eigenvalue weighted by atomic mass is 32.1. The van der Waals surface area contributed by atoms with Gasteiger partial charge in [0.1, 0.15) is 23.3 Å². The number of rotatable bonds is 31. The standard InChI is InChI=1S/C56H72F4S4/c1-4-6-8-10-12-14-16-18-20-22-24-26-28-41-34-49(40(3)43-30-45(57)36-46(58)31-43)63-55(41)53-38-51-52(61-53)39-54(62-51)56-42(35-50(64-56)44-32-47(59)37-48(60)33-44)29-27-25-23-21-19-17-15-13-11-9-7-5-2/h30-40H,4-29H2,1-3H3. The highest BCUT2D eigenvalue weighted by molar-refractivity contribution is 7.33. The summed E-state index contributed by atoms with van der Waals surface area (Å²) in [4.78, 5) is 6.97. The number of thiophene rings is 4. The van der Waals surface area contributed by atoms with Crippen LogP contribution < -0.4 is 0 Å². The van der Waals surface area contributed by atoms with Gasteiger partial charge in [0, 0.05) is 56.7 Å². The van der Waals surface area contributed by atoms with E-state index in [1.807, 2.05) is 11.3 Å². The predicted molar refractivity (Wildman–Crippen MR) is 275 cm³/mol. The third-order valence-corrected chi connectivity index (χ3v) is 18.1. The molecule has 0 N–H and O–H groups in total. The minimum atomic E-state index is -0.552. The van der Waals surface area contributed by atoms with E-state index in [1.54, 1.807) is 34.0 Å². The molecule has 0 aliphatic rings. The van der Waals surface area contributed by atoms with Gasteiger partial charge in [-0.3, -0.25) is 0 Å². The van der Waals surface area contributed by atoms with E-state index in [2.05, 4.69) is 45.0 Å². The van der Waals surface area contributed by atoms with Crippen molar-refractivity contribution in [2.24, 2.45) is 0 Å². The van der Waals surface area contributed by atoms with Crippen LogP contribution in [0.4, 0.5) is 17.6 Å². The molecule has 8 heteroatoms. The topological polar surface area (TPSA) is 0 Å². The van der Waals surface area contributed by atoms with Crippen LogP contribution in [0.5, 0.6) is 0 Å². The summed E-state index contributed by atoms with van der Waals surface area (Å²) in [5.74, 6) is -2.31. The van der Waals surface area contributed by atoms with Gasteiger partial charge in [0.05, 0.1) is 0 Å². The smallest absolute Gasteiger partial charge is 0.126 e. The largest absolute Gasteiger partial charge is 0.207 e. The SMILES string of the molecule is CCCCCCCCCCCCCCc1cc(-c2cc(F)cc(F)c2)sc1-c1cc2sc(-c3sc(C(C)c4cc(F)cc(F)c4)cc3CCCCCCCCCCCCCC)cc2s1. The van der Waals surface area contributed by atoms with Crippen LogP contribution in [-0.2, 0) is 12.8 Å². The fraction of sp³-hybridized carbons (Fsp3) is 0.536. The van der Waals surface area contributed by atoms with Gasteiger partial charge in [-0.25, -0.2) is 17.6 Å². The molecule has 1 atom stereocenters. The lowest BCUT2D eigenvalue weighted by Crippen LogP contribution is -1.95. The van der Waals surface area contributed by atoms with E-state index < -0.39 is 23.3 Å². The molecule has 0 bridgehead atoms. The van der Waals surface area contributed by atoms with E-state index in [1.165, 1.54) is 206 Å². The average Bonchev–Trinajstić information content (AvgIpc) is 4.07. The minimum absolute atomic E-state index is 0.125. The van der Waals surface area contributed by atoms with Crippen molar-refractivity contribution >= 4 is 54.7 Å². The van der Waals surface area contributed by atoms with Crippen molar-refractivity contribution in [3.63, 3.8) is 0 Å². The van der Waals surface area contributed by atoms with Crippen molar-refractivity contribution in [1.29, 1.82) is 0 Å². The number of benzene rings is 2. The number of halogens is 4. The van der Waals surface area contributed by atoms with Gasteiger partial charge in [-0.15, -0.1) is 45.3 Å². The quantitative estimate of drug-likeness (QED) is 0.0301. The molecule has 0 radical (unpaired) electrons. The molecule has 0 saturated heterocycles. The molecule has 4 aromatic heterocycles. The monoisotopic (exact) mass is 948 g/mol. The highest BCUT2D eigenvalue weighted by Crippen LogP contribution is 2.49.